The molecule has 0 radical (unpaired) electrons. The number of rotatable bonds is 4. The van der Waals surface area contributed by atoms with E-state index in [1.807, 2.05) is 18.2 Å². The van der Waals surface area contributed by atoms with Crippen LogP contribution in [0.2, 0.25) is 15.1 Å². The van der Waals surface area contributed by atoms with Gasteiger partial charge in [0.15, 0.2) is 0 Å². The summed E-state index contributed by atoms with van der Waals surface area (Å²) < 4.78 is 0. The predicted octanol–water partition coefficient (Wildman–Crippen LogP) is 5.17. The zero-order valence-corrected chi connectivity index (χ0v) is 12.2. The average molecular weight is 314 g/mol. The van der Waals surface area contributed by atoms with Gasteiger partial charge in [0.05, 0.1) is 0 Å². The number of halogens is 3. The third-order valence-corrected chi connectivity index (χ3v) is 3.76. The van der Waals surface area contributed by atoms with Crippen molar-refractivity contribution in [3.8, 4) is 0 Å². The highest BCUT2D eigenvalue weighted by Gasteiger charge is 2.13. The van der Waals surface area contributed by atoms with E-state index >= 15 is 0 Å². The molecule has 0 bridgehead atoms. The van der Waals surface area contributed by atoms with Crippen LogP contribution in [0.4, 0.5) is 0 Å². The van der Waals surface area contributed by atoms with Gasteiger partial charge in [0.2, 0.25) is 0 Å². The van der Waals surface area contributed by atoms with Crippen molar-refractivity contribution in [3.05, 3.63) is 68.7 Å². The molecule has 0 aliphatic carbocycles. The van der Waals surface area contributed by atoms with Crippen molar-refractivity contribution < 1.29 is 4.79 Å². The Morgan fingerprint density at radius 2 is 1.58 bits per heavy atom. The summed E-state index contributed by atoms with van der Waals surface area (Å²) in [4.78, 5) is 11.3. The molecule has 1 unspecified atom stereocenters. The number of carbonyl (C=O) groups is 1. The first-order valence-corrected chi connectivity index (χ1v) is 6.88. The number of hydrogen-bond donors (Lipinski definition) is 0. The lowest BCUT2D eigenvalue weighted by Crippen LogP contribution is -2.04. The van der Waals surface area contributed by atoms with Crippen molar-refractivity contribution >= 4 is 41.1 Å². The molecule has 0 heterocycles. The third-order valence-electron chi connectivity index (χ3n) is 2.92. The Morgan fingerprint density at radius 1 is 0.947 bits per heavy atom. The van der Waals surface area contributed by atoms with Gasteiger partial charge in [-0.3, -0.25) is 0 Å². The normalized spacial score (nSPS) is 12.2. The average Bonchev–Trinajstić information content (AvgIpc) is 2.39. The molecule has 0 saturated heterocycles. The highest BCUT2D eigenvalue weighted by molar-refractivity contribution is 6.35. The lowest BCUT2D eigenvalue weighted by atomic mass is 9.93. The number of carbonyl (C=O) groups excluding carboxylic acids is 1. The molecule has 19 heavy (non-hydrogen) atoms. The van der Waals surface area contributed by atoms with Crippen LogP contribution >= 0.6 is 34.8 Å². The van der Waals surface area contributed by atoms with E-state index in [1.54, 1.807) is 24.3 Å². The Balaban J connectivity index is 2.23. The maximum atomic E-state index is 11.3. The van der Waals surface area contributed by atoms with Crippen LogP contribution in [0, 0.1) is 0 Å². The minimum atomic E-state index is -0.240. The summed E-state index contributed by atoms with van der Waals surface area (Å²) in [6.45, 7) is 0. The van der Waals surface area contributed by atoms with Crippen LogP contribution in [0.25, 0.3) is 0 Å². The van der Waals surface area contributed by atoms with Gasteiger partial charge in [-0.05, 0) is 41.8 Å². The molecule has 2 aromatic carbocycles. The topological polar surface area (TPSA) is 17.1 Å². The van der Waals surface area contributed by atoms with E-state index in [9.17, 15) is 4.79 Å². The van der Waals surface area contributed by atoms with Crippen molar-refractivity contribution in [1.29, 1.82) is 0 Å². The van der Waals surface area contributed by atoms with E-state index in [1.165, 1.54) is 0 Å². The Bertz CT molecular complexity index is 578. The van der Waals surface area contributed by atoms with E-state index in [-0.39, 0.29) is 5.92 Å². The van der Waals surface area contributed by atoms with E-state index in [4.69, 9.17) is 34.8 Å². The van der Waals surface area contributed by atoms with E-state index in [0.717, 1.165) is 17.4 Å². The van der Waals surface area contributed by atoms with Crippen molar-refractivity contribution in [2.75, 3.05) is 0 Å². The molecule has 1 atom stereocenters. The maximum Gasteiger partial charge on any atom is 0.127 e. The molecule has 0 spiro atoms. The summed E-state index contributed by atoms with van der Waals surface area (Å²) in [7, 11) is 0. The van der Waals surface area contributed by atoms with Crippen LogP contribution in [0.15, 0.2) is 42.5 Å². The van der Waals surface area contributed by atoms with Crippen molar-refractivity contribution in [2.24, 2.45) is 0 Å². The van der Waals surface area contributed by atoms with Gasteiger partial charge in [0.25, 0.3) is 0 Å². The summed E-state index contributed by atoms with van der Waals surface area (Å²) in [5.74, 6) is -0.240. The lowest BCUT2D eigenvalue weighted by molar-refractivity contribution is -0.109. The first-order valence-electron chi connectivity index (χ1n) is 5.75. The minimum Gasteiger partial charge on any atom is -0.303 e. The fourth-order valence-electron chi connectivity index (χ4n) is 1.88. The summed E-state index contributed by atoms with van der Waals surface area (Å²) in [5, 5.41) is 1.81. The largest absolute Gasteiger partial charge is 0.303 e. The van der Waals surface area contributed by atoms with Gasteiger partial charge in [-0.1, -0.05) is 53.0 Å². The number of benzene rings is 2. The Labute approximate surface area is 127 Å². The molecule has 0 fully saturated rings. The van der Waals surface area contributed by atoms with Gasteiger partial charge >= 0.3 is 0 Å². The quantitative estimate of drug-likeness (QED) is 0.711. The second kappa shape index (κ2) is 6.42. The first-order chi connectivity index (χ1) is 9.10. The van der Waals surface area contributed by atoms with E-state index in [0.29, 0.717) is 21.5 Å². The van der Waals surface area contributed by atoms with Crippen molar-refractivity contribution in [2.45, 2.75) is 12.3 Å². The number of aldehydes is 1. The molecule has 2 rings (SSSR count). The van der Waals surface area contributed by atoms with Gasteiger partial charge in [-0.2, -0.15) is 0 Å². The molecule has 0 saturated carbocycles. The Kier molecular flexibility index (Phi) is 4.87. The van der Waals surface area contributed by atoms with E-state index < -0.39 is 0 Å². The molecular formula is C15H11Cl3O. The van der Waals surface area contributed by atoms with Crippen LogP contribution in [-0.2, 0) is 11.2 Å². The highest BCUT2D eigenvalue weighted by atomic mass is 35.5. The zero-order chi connectivity index (χ0) is 13.8. The van der Waals surface area contributed by atoms with Gasteiger partial charge in [-0.25, -0.2) is 0 Å². The van der Waals surface area contributed by atoms with Gasteiger partial charge in [0, 0.05) is 21.0 Å². The molecule has 0 aromatic heterocycles. The first kappa shape index (κ1) is 14.4. The lowest BCUT2D eigenvalue weighted by Gasteiger charge is -2.12. The maximum absolute atomic E-state index is 11.3. The Hall–Kier alpha value is -1.02. The molecule has 2 aromatic rings. The monoisotopic (exact) mass is 312 g/mol. The number of hydrogen-bond acceptors (Lipinski definition) is 1. The summed E-state index contributed by atoms with van der Waals surface area (Å²) in [5.41, 5.74) is 1.82. The van der Waals surface area contributed by atoms with E-state index in [2.05, 4.69) is 0 Å². The highest BCUT2D eigenvalue weighted by Crippen LogP contribution is 2.27. The smallest absolute Gasteiger partial charge is 0.127 e. The standard InChI is InChI=1S/C15H11Cl3O/c16-13-4-1-10(2-5-13)12(9-19)7-11-3-6-14(17)8-15(11)18/h1-6,8-9,12H,7H2. The molecule has 0 aliphatic heterocycles. The second-order valence-corrected chi connectivity index (χ2v) is 5.51. The molecule has 4 heteroatoms. The van der Waals surface area contributed by atoms with Gasteiger partial charge in [0.1, 0.15) is 6.29 Å². The van der Waals surface area contributed by atoms with Crippen LogP contribution in [0.3, 0.4) is 0 Å². The van der Waals surface area contributed by atoms with Crippen LogP contribution in [-0.4, -0.2) is 6.29 Å². The summed E-state index contributed by atoms with van der Waals surface area (Å²) >= 11 is 17.8. The second-order valence-electron chi connectivity index (χ2n) is 4.23. The fraction of sp³-hybridized carbons (Fsp3) is 0.133. The van der Waals surface area contributed by atoms with Crippen molar-refractivity contribution in [1.82, 2.24) is 0 Å². The van der Waals surface area contributed by atoms with Gasteiger partial charge in [-0.15, -0.1) is 0 Å². The molecule has 98 valence electrons. The fourth-order valence-corrected chi connectivity index (χ4v) is 2.49. The molecule has 0 N–H and O–H groups in total. The summed E-state index contributed by atoms with van der Waals surface area (Å²) in [6, 6.07) is 12.6. The predicted molar refractivity (Wildman–Crippen MR) is 80.4 cm³/mol. The SMILES string of the molecule is O=CC(Cc1ccc(Cl)cc1Cl)c1ccc(Cl)cc1. The van der Waals surface area contributed by atoms with Crippen LogP contribution in [0.5, 0.6) is 0 Å². The third kappa shape index (κ3) is 3.73. The van der Waals surface area contributed by atoms with Crippen LogP contribution < -0.4 is 0 Å². The Morgan fingerprint density at radius 3 is 2.16 bits per heavy atom. The van der Waals surface area contributed by atoms with Crippen molar-refractivity contribution in [3.63, 3.8) is 0 Å². The minimum absolute atomic E-state index is 0.240. The van der Waals surface area contributed by atoms with Gasteiger partial charge < -0.3 is 4.79 Å². The summed E-state index contributed by atoms with van der Waals surface area (Å²) in [6.07, 6.45) is 1.47. The van der Waals surface area contributed by atoms with Crippen LogP contribution in [0.1, 0.15) is 17.0 Å². The molecule has 0 amide bonds. The molecule has 0 aliphatic rings. The molecule has 1 nitrogen and oxygen atoms in total. The zero-order valence-electron chi connectivity index (χ0n) is 9.95. The molecular weight excluding hydrogens is 303 g/mol.